The number of ether oxygens (including phenoxy) is 1. The molecule has 2 N–H and O–H groups in total. The number of aliphatic imine (C=N–C) groups is 1. The highest BCUT2D eigenvalue weighted by Crippen LogP contribution is 2.26. The van der Waals surface area contributed by atoms with Crippen molar-refractivity contribution in [1.82, 2.24) is 10.6 Å². The lowest BCUT2D eigenvalue weighted by Crippen LogP contribution is -2.43. The van der Waals surface area contributed by atoms with E-state index >= 15 is 0 Å². The number of hydrogen-bond donors (Lipinski definition) is 2. The van der Waals surface area contributed by atoms with Crippen molar-refractivity contribution >= 4 is 35.6 Å². The highest BCUT2D eigenvalue weighted by molar-refractivity contribution is 14.0. The maximum absolute atomic E-state index is 5.15. The summed E-state index contributed by atoms with van der Waals surface area (Å²) in [5.41, 5.74) is 2.56. The molecule has 0 amide bonds. The Hall–Kier alpha value is -1.02. The van der Waals surface area contributed by atoms with Gasteiger partial charge in [0.15, 0.2) is 5.96 Å². The minimum absolute atomic E-state index is 0. The van der Waals surface area contributed by atoms with E-state index in [-0.39, 0.29) is 30.0 Å². The lowest BCUT2D eigenvalue weighted by Gasteiger charge is -2.33. The summed E-state index contributed by atoms with van der Waals surface area (Å²) in [4.78, 5) is 6.71. The number of nitrogens with zero attached hydrogens (tertiary/aromatic N) is 2. The maximum atomic E-state index is 5.15. The van der Waals surface area contributed by atoms with Gasteiger partial charge in [-0.05, 0) is 37.5 Å². The Morgan fingerprint density at radius 2 is 1.88 bits per heavy atom. The largest absolute Gasteiger partial charge is 0.383 e. The second kappa shape index (κ2) is 12.4. The van der Waals surface area contributed by atoms with Gasteiger partial charge in [-0.25, -0.2) is 0 Å². The smallest absolute Gasteiger partial charge is 0.191 e. The summed E-state index contributed by atoms with van der Waals surface area (Å²) in [5, 5.41) is 6.67. The first-order chi connectivity index (χ1) is 12.1. The number of guanidine groups is 1. The number of halogens is 1. The number of nitrogens with one attached hydrogen (secondary N) is 2. The van der Waals surface area contributed by atoms with Gasteiger partial charge < -0.3 is 20.3 Å². The number of methoxy groups -OCH3 is 1. The zero-order valence-electron chi connectivity index (χ0n) is 16.6. The summed E-state index contributed by atoms with van der Waals surface area (Å²) in [6, 6.07) is 9.79. The van der Waals surface area contributed by atoms with E-state index in [9.17, 15) is 0 Å². The van der Waals surface area contributed by atoms with Crippen LogP contribution < -0.4 is 15.5 Å². The van der Waals surface area contributed by atoms with E-state index < -0.39 is 0 Å². The summed E-state index contributed by atoms with van der Waals surface area (Å²) in [6.07, 6.45) is 6.77. The van der Waals surface area contributed by atoms with Crippen molar-refractivity contribution in [3.8, 4) is 0 Å². The Morgan fingerprint density at radius 3 is 2.46 bits per heavy atom. The molecule has 0 aromatic heterocycles. The fraction of sp³-hybridized carbons (Fsp3) is 0.650. The number of hydrogen-bond acceptors (Lipinski definition) is 3. The lowest BCUT2D eigenvalue weighted by atomic mass is 9.94. The van der Waals surface area contributed by atoms with E-state index in [0.717, 1.165) is 12.5 Å². The third-order valence-corrected chi connectivity index (χ3v) is 4.95. The number of rotatable bonds is 7. The van der Waals surface area contributed by atoms with Crippen LogP contribution in [0.2, 0.25) is 0 Å². The van der Waals surface area contributed by atoms with Crippen LogP contribution in [0.15, 0.2) is 29.3 Å². The topological polar surface area (TPSA) is 48.9 Å². The molecular weight excluding hydrogens is 439 g/mol. The van der Waals surface area contributed by atoms with Gasteiger partial charge in [0, 0.05) is 45.5 Å². The molecule has 148 valence electrons. The summed E-state index contributed by atoms with van der Waals surface area (Å²) >= 11 is 0. The van der Waals surface area contributed by atoms with Gasteiger partial charge in [0.1, 0.15) is 0 Å². The molecule has 1 saturated carbocycles. The molecule has 0 radical (unpaired) electrons. The summed E-state index contributed by atoms with van der Waals surface area (Å²) in [6.45, 7) is 3.49. The van der Waals surface area contributed by atoms with Gasteiger partial charge in [0.25, 0.3) is 0 Å². The van der Waals surface area contributed by atoms with Crippen LogP contribution in [0.5, 0.6) is 0 Å². The monoisotopic (exact) mass is 474 g/mol. The standard InChI is InChI=1S/C20H34N4O.HI/c1-16(15-25-4)23-20(21-2)22-14-17-10-12-19(13-11-17)24(3)18-8-6-5-7-9-18;/h10-13,16,18H,5-9,14-15H2,1-4H3,(H2,21,22,23);1H. The molecule has 1 aliphatic carbocycles. The zero-order chi connectivity index (χ0) is 18.1. The Bertz CT molecular complexity index is 529. The van der Waals surface area contributed by atoms with Gasteiger partial charge in [-0.2, -0.15) is 0 Å². The van der Waals surface area contributed by atoms with Crippen LogP contribution in [0.4, 0.5) is 5.69 Å². The second-order valence-electron chi connectivity index (χ2n) is 7.00. The molecule has 1 atom stereocenters. The molecule has 0 heterocycles. The molecule has 1 aliphatic rings. The molecule has 0 bridgehead atoms. The van der Waals surface area contributed by atoms with E-state index in [1.54, 1.807) is 14.2 Å². The average molecular weight is 474 g/mol. The minimum atomic E-state index is 0. The average Bonchev–Trinajstić information content (AvgIpc) is 2.66. The van der Waals surface area contributed by atoms with E-state index in [0.29, 0.717) is 12.6 Å². The minimum Gasteiger partial charge on any atom is -0.383 e. The van der Waals surface area contributed by atoms with E-state index in [4.69, 9.17) is 4.74 Å². The van der Waals surface area contributed by atoms with E-state index in [1.807, 2.05) is 0 Å². The first-order valence-electron chi connectivity index (χ1n) is 9.42. The molecule has 1 fully saturated rings. The fourth-order valence-electron chi connectivity index (χ4n) is 3.43. The zero-order valence-corrected chi connectivity index (χ0v) is 19.0. The van der Waals surface area contributed by atoms with E-state index in [2.05, 4.69) is 58.8 Å². The van der Waals surface area contributed by atoms with Crippen molar-refractivity contribution in [2.75, 3.05) is 32.7 Å². The molecule has 0 aliphatic heterocycles. The van der Waals surface area contributed by atoms with Crippen LogP contribution in [0.3, 0.4) is 0 Å². The van der Waals surface area contributed by atoms with Crippen LogP contribution in [0.25, 0.3) is 0 Å². The summed E-state index contributed by atoms with van der Waals surface area (Å²) < 4.78 is 5.15. The molecule has 1 unspecified atom stereocenters. The highest BCUT2D eigenvalue weighted by atomic mass is 127. The molecule has 0 saturated heterocycles. The normalized spacial score (nSPS) is 16.5. The van der Waals surface area contributed by atoms with Gasteiger partial charge in [-0.3, -0.25) is 4.99 Å². The summed E-state index contributed by atoms with van der Waals surface area (Å²) in [7, 11) is 5.73. The Morgan fingerprint density at radius 1 is 1.23 bits per heavy atom. The molecular formula is C20H35IN4O. The first kappa shape index (κ1) is 23.0. The predicted molar refractivity (Wildman–Crippen MR) is 122 cm³/mol. The summed E-state index contributed by atoms with van der Waals surface area (Å²) in [5.74, 6) is 0.799. The van der Waals surface area contributed by atoms with Crippen molar-refractivity contribution < 1.29 is 4.74 Å². The molecule has 26 heavy (non-hydrogen) atoms. The molecule has 5 nitrogen and oxygen atoms in total. The first-order valence-corrected chi connectivity index (χ1v) is 9.42. The number of anilines is 1. The lowest BCUT2D eigenvalue weighted by molar-refractivity contribution is 0.179. The van der Waals surface area contributed by atoms with Crippen molar-refractivity contribution in [3.63, 3.8) is 0 Å². The Kier molecular flexibility index (Phi) is 11.0. The predicted octanol–water partition coefficient (Wildman–Crippen LogP) is 3.77. The Balaban J connectivity index is 0.00000338. The molecule has 2 rings (SSSR count). The van der Waals surface area contributed by atoms with Crippen LogP contribution in [0.1, 0.15) is 44.6 Å². The van der Waals surface area contributed by atoms with E-state index in [1.165, 1.54) is 43.4 Å². The number of benzene rings is 1. The second-order valence-corrected chi connectivity index (χ2v) is 7.00. The van der Waals surface area contributed by atoms with Crippen molar-refractivity contribution in [3.05, 3.63) is 29.8 Å². The molecule has 6 heteroatoms. The highest BCUT2D eigenvalue weighted by Gasteiger charge is 2.18. The van der Waals surface area contributed by atoms with Gasteiger partial charge in [-0.1, -0.05) is 31.4 Å². The fourth-order valence-corrected chi connectivity index (χ4v) is 3.43. The SMILES string of the molecule is CN=C(NCc1ccc(N(C)C2CCCCC2)cc1)NC(C)COC.I. The van der Waals surface area contributed by atoms with Crippen LogP contribution >= 0.6 is 24.0 Å². The van der Waals surface area contributed by atoms with Gasteiger partial charge in [0.2, 0.25) is 0 Å². The van der Waals surface area contributed by atoms with Gasteiger partial charge >= 0.3 is 0 Å². The van der Waals surface area contributed by atoms with Crippen molar-refractivity contribution in [1.29, 1.82) is 0 Å². The van der Waals surface area contributed by atoms with Crippen LogP contribution in [-0.4, -0.2) is 45.9 Å². The third-order valence-electron chi connectivity index (χ3n) is 4.95. The van der Waals surface area contributed by atoms with Gasteiger partial charge in [-0.15, -0.1) is 24.0 Å². The van der Waals surface area contributed by atoms with Crippen LogP contribution in [0, 0.1) is 0 Å². The quantitative estimate of drug-likeness (QED) is 0.359. The molecule has 1 aromatic carbocycles. The molecule has 1 aromatic rings. The van der Waals surface area contributed by atoms with Crippen molar-refractivity contribution in [2.24, 2.45) is 4.99 Å². The van der Waals surface area contributed by atoms with Crippen molar-refractivity contribution in [2.45, 2.75) is 57.7 Å². The van der Waals surface area contributed by atoms with Crippen LogP contribution in [-0.2, 0) is 11.3 Å². The molecule has 0 spiro atoms. The van der Waals surface area contributed by atoms with Gasteiger partial charge in [0.05, 0.1) is 6.61 Å². The third kappa shape index (κ3) is 7.31. The Labute approximate surface area is 176 Å². The maximum Gasteiger partial charge on any atom is 0.191 e.